The summed E-state index contributed by atoms with van der Waals surface area (Å²) in [6.07, 6.45) is 0. The fourth-order valence-electron chi connectivity index (χ4n) is 1.38. The largest absolute Gasteiger partial charge is 0.324 e. The Morgan fingerprint density at radius 3 is 2.37 bits per heavy atom. The van der Waals surface area contributed by atoms with Crippen molar-refractivity contribution in [2.45, 2.75) is 31.3 Å². The second-order valence-corrected chi connectivity index (χ2v) is 7.63. The van der Waals surface area contributed by atoms with Gasteiger partial charge in [-0.05, 0) is 39.0 Å². The van der Waals surface area contributed by atoms with Crippen molar-refractivity contribution in [3.8, 4) is 0 Å². The van der Waals surface area contributed by atoms with E-state index >= 15 is 0 Å². The predicted molar refractivity (Wildman–Crippen MR) is 73.6 cm³/mol. The third-order valence-electron chi connectivity index (χ3n) is 2.71. The van der Waals surface area contributed by atoms with E-state index < -0.39 is 32.1 Å². The molecule has 0 aliphatic rings. The number of nitrogens with one attached hydrogen (secondary N) is 1. The summed E-state index contributed by atoms with van der Waals surface area (Å²) >= 11 is 5.75. The molecule has 0 aliphatic heterocycles. The topological polar surface area (TPSA) is 63.2 Å². The Hall–Kier alpha value is -1.14. The lowest BCUT2D eigenvalue weighted by atomic mass is 10.3. The normalized spacial score (nSPS) is 13.4. The van der Waals surface area contributed by atoms with Gasteiger partial charge in [0.05, 0.1) is 16.0 Å². The van der Waals surface area contributed by atoms with Crippen LogP contribution in [-0.4, -0.2) is 24.8 Å². The number of hydrogen-bond acceptors (Lipinski definition) is 3. The number of amides is 1. The molecule has 0 fully saturated rings. The molecule has 0 radical (unpaired) electrons. The molecule has 7 heteroatoms. The van der Waals surface area contributed by atoms with E-state index in [-0.39, 0.29) is 10.7 Å². The van der Waals surface area contributed by atoms with Gasteiger partial charge in [0.1, 0.15) is 11.1 Å². The number of rotatable bonds is 4. The molecule has 0 bridgehead atoms. The van der Waals surface area contributed by atoms with E-state index in [9.17, 15) is 17.6 Å². The van der Waals surface area contributed by atoms with Gasteiger partial charge >= 0.3 is 0 Å². The van der Waals surface area contributed by atoms with Crippen LogP contribution in [0, 0.1) is 5.82 Å². The molecular formula is C12H15ClFNO3S. The Bertz CT molecular complexity index is 587. The second-order valence-electron chi connectivity index (χ2n) is 4.39. The van der Waals surface area contributed by atoms with Gasteiger partial charge in [-0.25, -0.2) is 12.8 Å². The molecule has 1 N–H and O–H groups in total. The highest BCUT2D eigenvalue weighted by Gasteiger charge is 2.30. The van der Waals surface area contributed by atoms with E-state index in [0.717, 1.165) is 12.1 Å². The highest BCUT2D eigenvalue weighted by atomic mass is 35.5. The summed E-state index contributed by atoms with van der Waals surface area (Å²) in [5, 5.41) is 0.542. The molecule has 0 saturated carbocycles. The van der Waals surface area contributed by atoms with Crippen LogP contribution in [0.15, 0.2) is 18.2 Å². The van der Waals surface area contributed by atoms with Crippen molar-refractivity contribution in [2.24, 2.45) is 0 Å². The van der Waals surface area contributed by atoms with Gasteiger partial charge in [-0.15, -0.1) is 0 Å². The van der Waals surface area contributed by atoms with Crippen LogP contribution in [0.5, 0.6) is 0 Å². The fraction of sp³-hybridized carbons (Fsp3) is 0.417. The Morgan fingerprint density at radius 2 is 1.89 bits per heavy atom. The van der Waals surface area contributed by atoms with E-state index in [1.54, 1.807) is 0 Å². The average Bonchev–Trinajstić information content (AvgIpc) is 2.31. The van der Waals surface area contributed by atoms with Crippen LogP contribution >= 0.6 is 11.6 Å². The quantitative estimate of drug-likeness (QED) is 0.930. The number of hydrogen-bond donors (Lipinski definition) is 1. The molecule has 0 aliphatic carbocycles. The number of anilines is 1. The molecule has 0 aromatic heterocycles. The third kappa shape index (κ3) is 3.67. The predicted octanol–water partition coefficient (Wildman–Crippen LogP) is 2.63. The van der Waals surface area contributed by atoms with Gasteiger partial charge in [-0.3, -0.25) is 4.79 Å². The van der Waals surface area contributed by atoms with E-state index in [1.165, 1.54) is 26.8 Å². The summed E-state index contributed by atoms with van der Waals surface area (Å²) in [5.41, 5.74) is 0.180. The van der Waals surface area contributed by atoms with Gasteiger partial charge in [-0.1, -0.05) is 11.6 Å². The number of benzene rings is 1. The zero-order valence-corrected chi connectivity index (χ0v) is 12.3. The van der Waals surface area contributed by atoms with Crippen molar-refractivity contribution in [3.63, 3.8) is 0 Å². The SMILES string of the molecule is CC(C)S(=O)(=O)C(C)C(=O)Nc1ccc(F)cc1Cl. The summed E-state index contributed by atoms with van der Waals surface area (Å²) in [6, 6.07) is 3.45. The van der Waals surface area contributed by atoms with Crippen molar-refractivity contribution in [1.29, 1.82) is 0 Å². The summed E-state index contributed by atoms with van der Waals surface area (Å²) in [5.74, 6) is -1.23. The molecule has 0 spiro atoms. The summed E-state index contributed by atoms with van der Waals surface area (Å²) < 4.78 is 36.5. The molecule has 1 aromatic carbocycles. The molecule has 1 atom stereocenters. The standard InChI is InChI=1S/C12H15ClFNO3S/c1-7(2)19(17,18)8(3)12(16)15-11-5-4-9(14)6-10(11)13/h4-8H,1-3H3,(H,15,16). The first-order valence-electron chi connectivity index (χ1n) is 5.65. The number of halogens is 2. The lowest BCUT2D eigenvalue weighted by molar-refractivity contribution is -0.115. The average molecular weight is 308 g/mol. The molecule has 1 unspecified atom stereocenters. The van der Waals surface area contributed by atoms with E-state index in [4.69, 9.17) is 11.6 Å². The minimum absolute atomic E-state index is 0.0162. The lowest BCUT2D eigenvalue weighted by Gasteiger charge is -2.16. The van der Waals surface area contributed by atoms with Crippen LogP contribution in [0.1, 0.15) is 20.8 Å². The van der Waals surface area contributed by atoms with Crippen molar-refractivity contribution in [3.05, 3.63) is 29.0 Å². The van der Waals surface area contributed by atoms with Gasteiger partial charge in [0, 0.05) is 0 Å². The number of carbonyl (C=O) groups excluding carboxylic acids is 1. The van der Waals surface area contributed by atoms with E-state index in [0.29, 0.717) is 0 Å². The fourth-order valence-corrected chi connectivity index (χ4v) is 2.77. The Morgan fingerprint density at radius 1 is 1.32 bits per heavy atom. The highest BCUT2D eigenvalue weighted by Crippen LogP contribution is 2.23. The molecule has 19 heavy (non-hydrogen) atoms. The zero-order valence-electron chi connectivity index (χ0n) is 10.8. The van der Waals surface area contributed by atoms with Crippen LogP contribution in [0.2, 0.25) is 5.02 Å². The van der Waals surface area contributed by atoms with Gasteiger partial charge in [0.15, 0.2) is 9.84 Å². The number of carbonyl (C=O) groups is 1. The van der Waals surface area contributed by atoms with Crippen LogP contribution < -0.4 is 5.32 Å². The molecule has 106 valence electrons. The monoisotopic (exact) mass is 307 g/mol. The van der Waals surface area contributed by atoms with Gasteiger partial charge < -0.3 is 5.32 Å². The van der Waals surface area contributed by atoms with Crippen LogP contribution in [0.3, 0.4) is 0 Å². The molecule has 1 amide bonds. The summed E-state index contributed by atoms with van der Waals surface area (Å²) in [4.78, 5) is 11.9. The molecule has 0 saturated heterocycles. The molecule has 4 nitrogen and oxygen atoms in total. The van der Waals surface area contributed by atoms with Gasteiger partial charge in [0.25, 0.3) is 0 Å². The summed E-state index contributed by atoms with van der Waals surface area (Å²) in [7, 11) is -3.55. The molecule has 1 rings (SSSR count). The van der Waals surface area contributed by atoms with Crippen LogP contribution in [0.25, 0.3) is 0 Å². The van der Waals surface area contributed by atoms with Crippen molar-refractivity contribution >= 4 is 33.0 Å². The maximum Gasteiger partial charge on any atom is 0.242 e. The first kappa shape index (κ1) is 15.9. The zero-order chi connectivity index (χ0) is 14.8. The van der Waals surface area contributed by atoms with E-state index in [2.05, 4.69) is 5.32 Å². The van der Waals surface area contributed by atoms with Crippen molar-refractivity contribution in [2.75, 3.05) is 5.32 Å². The van der Waals surface area contributed by atoms with Crippen LogP contribution in [-0.2, 0) is 14.6 Å². The van der Waals surface area contributed by atoms with Gasteiger partial charge in [0.2, 0.25) is 5.91 Å². The molecular weight excluding hydrogens is 293 g/mol. The maximum absolute atomic E-state index is 12.8. The number of sulfone groups is 1. The Labute approximate surface area is 116 Å². The Kier molecular flexibility index (Phi) is 4.92. The first-order chi connectivity index (χ1) is 8.66. The smallest absolute Gasteiger partial charge is 0.242 e. The first-order valence-corrected chi connectivity index (χ1v) is 7.63. The third-order valence-corrected chi connectivity index (χ3v) is 5.53. The summed E-state index contributed by atoms with van der Waals surface area (Å²) in [6.45, 7) is 4.32. The molecule has 0 heterocycles. The highest BCUT2D eigenvalue weighted by molar-refractivity contribution is 7.93. The molecule has 1 aromatic rings. The van der Waals surface area contributed by atoms with Crippen LogP contribution in [0.4, 0.5) is 10.1 Å². The van der Waals surface area contributed by atoms with Gasteiger partial charge in [-0.2, -0.15) is 0 Å². The van der Waals surface area contributed by atoms with Crippen molar-refractivity contribution in [1.82, 2.24) is 0 Å². The maximum atomic E-state index is 12.8. The lowest BCUT2D eigenvalue weighted by Crippen LogP contribution is -2.36. The van der Waals surface area contributed by atoms with E-state index in [1.807, 2.05) is 0 Å². The minimum atomic E-state index is -3.55. The Balaban J connectivity index is 2.92. The van der Waals surface area contributed by atoms with Crippen molar-refractivity contribution < 1.29 is 17.6 Å². The second kappa shape index (κ2) is 5.88. The minimum Gasteiger partial charge on any atom is -0.324 e.